The van der Waals surface area contributed by atoms with Gasteiger partial charge in [-0.05, 0) is 50.5 Å². The fourth-order valence-electron chi connectivity index (χ4n) is 1.51. The van der Waals surface area contributed by atoms with E-state index < -0.39 is 0 Å². The maximum absolute atomic E-state index is 11.6. The van der Waals surface area contributed by atoms with E-state index in [2.05, 4.69) is 19.2 Å². The first-order chi connectivity index (χ1) is 8.49. The van der Waals surface area contributed by atoms with Gasteiger partial charge in [0.15, 0.2) is 0 Å². The minimum atomic E-state index is -0.265. The van der Waals surface area contributed by atoms with Crippen molar-refractivity contribution in [3.05, 3.63) is 29.8 Å². The average molecular weight is 249 g/mol. The Bertz CT molecular complexity index is 369. The van der Waals surface area contributed by atoms with E-state index in [4.69, 9.17) is 4.74 Å². The number of ether oxygens (including phenoxy) is 1. The Labute approximate surface area is 110 Å². The Morgan fingerprint density at radius 1 is 1.17 bits per heavy atom. The molecule has 0 aliphatic heterocycles. The van der Waals surface area contributed by atoms with Crippen LogP contribution in [0.2, 0.25) is 0 Å². The topological polar surface area (TPSA) is 38.3 Å². The Kier molecular flexibility index (Phi) is 5.69. The van der Waals surface area contributed by atoms with Crippen LogP contribution in [0.25, 0.3) is 0 Å². The van der Waals surface area contributed by atoms with Gasteiger partial charge in [0.2, 0.25) is 0 Å². The van der Waals surface area contributed by atoms with Gasteiger partial charge in [-0.2, -0.15) is 0 Å². The Morgan fingerprint density at radius 3 is 2.28 bits per heavy atom. The Hall–Kier alpha value is -1.51. The molecule has 1 aromatic rings. The van der Waals surface area contributed by atoms with E-state index in [0.29, 0.717) is 11.5 Å². The average Bonchev–Trinajstić information content (AvgIpc) is 2.28. The number of hydrogen-bond acceptors (Lipinski definition) is 3. The summed E-state index contributed by atoms with van der Waals surface area (Å²) in [6, 6.07) is 7.42. The fraction of sp³-hybridized carbons (Fsp3) is 0.533. The van der Waals surface area contributed by atoms with Crippen molar-refractivity contribution in [3.8, 4) is 0 Å². The summed E-state index contributed by atoms with van der Waals surface area (Å²) in [4.78, 5) is 11.6. The van der Waals surface area contributed by atoms with Crippen molar-refractivity contribution < 1.29 is 9.53 Å². The summed E-state index contributed by atoms with van der Waals surface area (Å²) in [5, 5.41) is 3.33. The predicted octanol–water partition coefficient (Wildman–Crippen LogP) is 3.71. The minimum Gasteiger partial charge on any atom is -0.459 e. The molecule has 0 aromatic heterocycles. The normalized spacial score (nSPS) is 10.8. The lowest BCUT2D eigenvalue weighted by atomic mass is 10.1. The van der Waals surface area contributed by atoms with Gasteiger partial charge in [-0.1, -0.05) is 13.8 Å². The first-order valence-electron chi connectivity index (χ1n) is 6.54. The van der Waals surface area contributed by atoms with Crippen LogP contribution in [-0.2, 0) is 4.74 Å². The van der Waals surface area contributed by atoms with Crippen LogP contribution in [0.5, 0.6) is 0 Å². The first-order valence-corrected chi connectivity index (χ1v) is 6.54. The molecule has 0 unspecified atom stereocenters. The zero-order chi connectivity index (χ0) is 13.5. The van der Waals surface area contributed by atoms with E-state index in [0.717, 1.165) is 18.7 Å². The lowest BCUT2D eigenvalue weighted by molar-refractivity contribution is 0.0378. The number of carbonyl (C=O) groups is 1. The van der Waals surface area contributed by atoms with Crippen LogP contribution in [0.3, 0.4) is 0 Å². The predicted molar refractivity (Wildman–Crippen MR) is 74.9 cm³/mol. The Balaban J connectivity index is 2.49. The number of hydrogen-bond donors (Lipinski definition) is 1. The van der Waals surface area contributed by atoms with Crippen LogP contribution < -0.4 is 5.32 Å². The molecule has 0 saturated heterocycles. The highest BCUT2D eigenvalue weighted by Crippen LogP contribution is 2.12. The van der Waals surface area contributed by atoms with Gasteiger partial charge in [0.1, 0.15) is 0 Å². The molecule has 1 N–H and O–H groups in total. The monoisotopic (exact) mass is 249 g/mol. The summed E-state index contributed by atoms with van der Waals surface area (Å²) in [6.07, 6.45) is 1.05. The van der Waals surface area contributed by atoms with Gasteiger partial charge in [-0.25, -0.2) is 4.79 Å². The van der Waals surface area contributed by atoms with E-state index in [1.165, 1.54) is 0 Å². The van der Waals surface area contributed by atoms with Gasteiger partial charge < -0.3 is 10.1 Å². The standard InChI is InChI=1S/C15H23NO2/c1-11(2)9-10-16-14-7-5-13(6-8-14)15(17)18-12(3)4/h5-8,11-12,16H,9-10H2,1-4H3. The third-order valence-electron chi connectivity index (χ3n) is 2.51. The molecule has 0 aliphatic carbocycles. The number of nitrogens with one attached hydrogen (secondary N) is 1. The molecule has 0 amide bonds. The van der Waals surface area contributed by atoms with Gasteiger partial charge in [0, 0.05) is 12.2 Å². The molecule has 18 heavy (non-hydrogen) atoms. The van der Waals surface area contributed by atoms with Crippen molar-refractivity contribution in [1.29, 1.82) is 0 Å². The summed E-state index contributed by atoms with van der Waals surface area (Å²) >= 11 is 0. The molecule has 0 heterocycles. The zero-order valence-corrected chi connectivity index (χ0v) is 11.7. The number of esters is 1. The summed E-state index contributed by atoms with van der Waals surface area (Å²) in [5.41, 5.74) is 1.63. The second kappa shape index (κ2) is 7.04. The molecule has 0 aliphatic rings. The molecular weight excluding hydrogens is 226 g/mol. The third-order valence-corrected chi connectivity index (χ3v) is 2.51. The van der Waals surface area contributed by atoms with Crippen molar-refractivity contribution >= 4 is 11.7 Å². The summed E-state index contributed by atoms with van der Waals surface area (Å²) in [7, 11) is 0. The second-order valence-electron chi connectivity index (χ2n) is 5.14. The smallest absolute Gasteiger partial charge is 0.338 e. The number of anilines is 1. The van der Waals surface area contributed by atoms with Crippen molar-refractivity contribution in [1.82, 2.24) is 0 Å². The molecule has 0 atom stereocenters. The number of rotatable bonds is 6. The van der Waals surface area contributed by atoms with Crippen LogP contribution in [0.15, 0.2) is 24.3 Å². The van der Waals surface area contributed by atoms with Crippen molar-refractivity contribution in [2.24, 2.45) is 5.92 Å². The van der Waals surface area contributed by atoms with E-state index in [1.807, 2.05) is 26.0 Å². The highest BCUT2D eigenvalue weighted by molar-refractivity contribution is 5.89. The molecule has 0 spiro atoms. The Morgan fingerprint density at radius 2 is 1.78 bits per heavy atom. The van der Waals surface area contributed by atoms with E-state index >= 15 is 0 Å². The second-order valence-corrected chi connectivity index (χ2v) is 5.14. The quantitative estimate of drug-likeness (QED) is 0.781. The molecule has 0 saturated carbocycles. The molecule has 0 radical (unpaired) electrons. The van der Waals surface area contributed by atoms with Gasteiger partial charge >= 0.3 is 5.97 Å². The van der Waals surface area contributed by atoms with Crippen molar-refractivity contribution in [2.45, 2.75) is 40.2 Å². The van der Waals surface area contributed by atoms with Gasteiger partial charge in [-0.15, -0.1) is 0 Å². The van der Waals surface area contributed by atoms with Crippen molar-refractivity contribution in [2.75, 3.05) is 11.9 Å². The van der Waals surface area contributed by atoms with E-state index in [9.17, 15) is 4.79 Å². The first kappa shape index (κ1) is 14.6. The van der Waals surface area contributed by atoms with Crippen LogP contribution in [0.1, 0.15) is 44.5 Å². The molecule has 0 bridgehead atoms. The molecule has 3 nitrogen and oxygen atoms in total. The van der Waals surface area contributed by atoms with Crippen LogP contribution in [0.4, 0.5) is 5.69 Å². The number of carbonyl (C=O) groups excluding carboxylic acids is 1. The summed E-state index contributed by atoms with van der Waals surface area (Å²) < 4.78 is 5.13. The highest BCUT2D eigenvalue weighted by Gasteiger charge is 2.08. The van der Waals surface area contributed by atoms with Crippen LogP contribution >= 0.6 is 0 Å². The lowest BCUT2D eigenvalue weighted by Crippen LogP contribution is -2.11. The van der Waals surface area contributed by atoms with Gasteiger partial charge in [0.25, 0.3) is 0 Å². The van der Waals surface area contributed by atoms with Crippen LogP contribution in [0, 0.1) is 5.92 Å². The van der Waals surface area contributed by atoms with Crippen LogP contribution in [-0.4, -0.2) is 18.6 Å². The fourth-order valence-corrected chi connectivity index (χ4v) is 1.51. The molecule has 1 aromatic carbocycles. The summed E-state index contributed by atoms with van der Waals surface area (Å²) in [6.45, 7) is 9.05. The number of benzene rings is 1. The lowest BCUT2D eigenvalue weighted by Gasteiger charge is -2.10. The molecule has 100 valence electrons. The SMILES string of the molecule is CC(C)CCNc1ccc(C(=O)OC(C)C)cc1. The molecular formula is C15H23NO2. The highest BCUT2D eigenvalue weighted by atomic mass is 16.5. The molecule has 1 rings (SSSR count). The molecule has 3 heteroatoms. The van der Waals surface area contributed by atoms with Crippen molar-refractivity contribution in [3.63, 3.8) is 0 Å². The zero-order valence-electron chi connectivity index (χ0n) is 11.7. The minimum absolute atomic E-state index is 0.0821. The summed E-state index contributed by atoms with van der Waals surface area (Å²) in [5.74, 6) is 0.427. The van der Waals surface area contributed by atoms with Gasteiger partial charge in [-0.3, -0.25) is 0 Å². The largest absolute Gasteiger partial charge is 0.459 e. The molecule has 0 fully saturated rings. The maximum Gasteiger partial charge on any atom is 0.338 e. The van der Waals surface area contributed by atoms with E-state index in [1.54, 1.807) is 12.1 Å². The third kappa shape index (κ3) is 5.21. The van der Waals surface area contributed by atoms with E-state index in [-0.39, 0.29) is 12.1 Å². The maximum atomic E-state index is 11.6. The van der Waals surface area contributed by atoms with Gasteiger partial charge in [0.05, 0.1) is 11.7 Å².